The van der Waals surface area contributed by atoms with Crippen molar-refractivity contribution in [1.29, 1.82) is 0 Å². The van der Waals surface area contributed by atoms with E-state index in [9.17, 15) is 0 Å². The minimum absolute atomic E-state index is 0.978. The van der Waals surface area contributed by atoms with Crippen LogP contribution >= 0.6 is 0 Å². The maximum atomic E-state index is 3.19. The predicted molar refractivity (Wildman–Crippen MR) is 68.0 cm³/mol. The molecule has 1 heteroatoms. The van der Waals surface area contributed by atoms with E-state index in [0.29, 0.717) is 0 Å². The lowest BCUT2D eigenvalue weighted by Gasteiger charge is -2.04. The van der Waals surface area contributed by atoms with Gasteiger partial charge in [0, 0.05) is 6.54 Å². The Morgan fingerprint density at radius 3 is 2.33 bits per heavy atom. The molecular formula is C14H21N. The largest absolute Gasteiger partial charge is 0.316 e. The molecule has 0 atom stereocenters. The topological polar surface area (TPSA) is 12.0 Å². The monoisotopic (exact) mass is 203 g/mol. The molecule has 0 saturated carbocycles. The third-order valence-electron chi connectivity index (χ3n) is 2.62. The molecule has 0 aliphatic heterocycles. The van der Waals surface area contributed by atoms with Crippen molar-refractivity contribution in [3.05, 3.63) is 41.0 Å². The zero-order valence-corrected chi connectivity index (χ0v) is 10.0. The zero-order chi connectivity index (χ0) is 11.1. The van der Waals surface area contributed by atoms with Gasteiger partial charge in [0.25, 0.3) is 0 Å². The normalized spacial score (nSPS) is 11.8. The van der Waals surface area contributed by atoms with E-state index in [1.165, 1.54) is 16.7 Å². The molecule has 1 aromatic rings. The van der Waals surface area contributed by atoms with Crippen LogP contribution in [-0.4, -0.2) is 13.6 Å². The van der Waals surface area contributed by atoms with E-state index in [1.54, 1.807) is 0 Å². The Hall–Kier alpha value is -1.08. The van der Waals surface area contributed by atoms with Crippen molar-refractivity contribution in [2.24, 2.45) is 0 Å². The Bertz CT molecular complexity index is 309. The maximum absolute atomic E-state index is 3.19. The molecule has 0 unspecified atom stereocenters. The van der Waals surface area contributed by atoms with Gasteiger partial charge >= 0.3 is 0 Å². The highest BCUT2D eigenvalue weighted by Gasteiger charge is 1.94. The Balaban J connectivity index is 2.77. The Morgan fingerprint density at radius 2 is 1.87 bits per heavy atom. The van der Waals surface area contributed by atoms with Gasteiger partial charge in [0.1, 0.15) is 0 Å². The number of benzene rings is 1. The molecule has 1 nitrogen and oxygen atoms in total. The van der Waals surface area contributed by atoms with Crippen LogP contribution in [0.2, 0.25) is 0 Å². The van der Waals surface area contributed by atoms with Crippen molar-refractivity contribution in [2.75, 3.05) is 13.6 Å². The van der Waals surface area contributed by atoms with E-state index in [1.807, 2.05) is 7.05 Å². The third-order valence-corrected chi connectivity index (χ3v) is 2.62. The third kappa shape index (κ3) is 3.88. The second-order valence-corrected chi connectivity index (χ2v) is 3.78. The van der Waals surface area contributed by atoms with Gasteiger partial charge in [-0.1, -0.05) is 49.8 Å². The summed E-state index contributed by atoms with van der Waals surface area (Å²) in [5, 5.41) is 3.19. The molecule has 15 heavy (non-hydrogen) atoms. The van der Waals surface area contributed by atoms with E-state index in [0.717, 1.165) is 19.4 Å². The van der Waals surface area contributed by atoms with Gasteiger partial charge < -0.3 is 5.32 Å². The molecule has 0 aliphatic rings. The van der Waals surface area contributed by atoms with Crippen molar-refractivity contribution in [3.63, 3.8) is 0 Å². The molecule has 1 N–H and O–H groups in total. The van der Waals surface area contributed by atoms with Crippen molar-refractivity contribution in [1.82, 2.24) is 5.32 Å². The molecule has 0 radical (unpaired) electrons. The average molecular weight is 203 g/mol. The first-order valence-corrected chi connectivity index (χ1v) is 5.73. The van der Waals surface area contributed by atoms with Gasteiger partial charge in [-0.05, 0) is 31.0 Å². The minimum Gasteiger partial charge on any atom is -0.316 e. The Morgan fingerprint density at radius 1 is 1.20 bits per heavy atom. The quantitative estimate of drug-likeness (QED) is 0.774. The standard InChI is InChI=1S/C14H21N/c1-4-12-6-8-14(9-7-12)10-13(5-2)11-15-3/h6-10,15H,4-5,11H2,1-3H3. The number of aryl methyl sites for hydroxylation is 1. The molecule has 0 heterocycles. The molecule has 0 fully saturated rings. The van der Waals surface area contributed by atoms with E-state index in [2.05, 4.69) is 49.5 Å². The first kappa shape index (κ1) is 12.0. The summed E-state index contributed by atoms with van der Waals surface area (Å²) in [6, 6.07) is 8.81. The van der Waals surface area contributed by atoms with Gasteiger partial charge in [0.15, 0.2) is 0 Å². The first-order chi connectivity index (χ1) is 7.30. The maximum Gasteiger partial charge on any atom is 0.0164 e. The highest BCUT2D eigenvalue weighted by Crippen LogP contribution is 2.11. The van der Waals surface area contributed by atoms with E-state index in [4.69, 9.17) is 0 Å². The van der Waals surface area contributed by atoms with Crippen LogP contribution in [0.4, 0.5) is 0 Å². The molecule has 0 saturated heterocycles. The summed E-state index contributed by atoms with van der Waals surface area (Å²) in [6.45, 7) is 5.36. The summed E-state index contributed by atoms with van der Waals surface area (Å²) in [6.07, 6.45) is 4.49. The molecule has 0 amide bonds. The molecule has 82 valence electrons. The van der Waals surface area contributed by atoms with E-state index >= 15 is 0 Å². The van der Waals surface area contributed by atoms with E-state index in [-0.39, 0.29) is 0 Å². The number of hydrogen-bond acceptors (Lipinski definition) is 1. The average Bonchev–Trinajstić information content (AvgIpc) is 2.29. The summed E-state index contributed by atoms with van der Waals surface area (Å²) < 4.78 is 0. The SMILES string of the molecule is CCC(=Cc1ccc(CC)cc1)CNC. The van der Waals surface area contributed by atoms with Crippen LogP contribution in [0.15, 0.2) is 29.8 Å². The molecule has 1 aromatic carbocycles. The van der Waals surface area contributed by atoms with Crippen LogP contribution in [0, 0.1) is 0 Å². The summed E-state index contributed by atoms with van der Waals surface area (Å²) in [7, 11) is 1.99. The lowest BCUT2D eigenvalue weighted by molar-refractivity contribution is 0.851. The van der Waals surface area contributed by atoms with Gasteiger partial charge in [-0.3, -0.25) is 0 Å². The van der Waals surface area contributed by atoms with Crippen molar-refractivity contribution in [2.45, 2.75) is 26.7 Å². The second kappa shape index (κ2) is 6.41. The number of likely N-dealkylation sites (N-methyl/N-ethyl adjacent to an activating group) is 1. The van der Waals surface area contributed by atoms with Crippen LogP contribution in [0.5, 0.6) is 0 Å². The highest BCUT2D eigenvalue weighted by atomic mass is 14.8. The number of nitrogens with one attached hydrogen (secondary N) is 1. The Labute approximate surface area is 93.2 Å². The van der Waals surface area contributed by atoms with E-state index < -0.39 is 0 Å². The lowest BCUT2D eigenvalue weighted by Crippen LogP contribution is -2.09. The van der Waals surface area contributed by atoms with Crippen LogP contribution in [0.1, 0.15) is 31.4 Å². The molecule has 0 aliphatic carbocycles. The number of hydrogen-bond donors (Lipinski definition) is 1. The van der Waals surface area contributed by atoms with Gasteiger partial charge in [-0.15, -0.1) is 0 Å². The van der Waals surface area contributed by atoms with Crippen LogP contribution in [0.25, 0.3) is 6.08 Å². The zero-order valence-electron chi connectivity index (χ0n) is 10.0. The smallest absolute Gasteiger partial charge is 0.0164 e. The van der Waals surface area contributed by atoms with Gasteiger partial charge in [-0.2, -0.15) is 0 Å². The fraction of sp³-hybridized carbons (Fsp3) is 0.429. The predicted octanol–water partition coefficient (Wildman–Crippen LogP) is 3.26. The molecule has 0 aromatic heterocycles. The van der Waals surface area contributed by atoms with Gasteiger partial charge in [-0.25, -0.2) is 0 Å². The van der Waals surface area contributed by atoms with Crippen LogP contribution in [-0.2, 0) is 6.42 Å². The highest BCUT2D eigenvalue weighted by molar-refractivity contribution is 5.53. The summed E-state index contributed by atoms with van der Waals surface area (Å²) in [5.74, 6) is 0. The molecule has 0 spiro atoms. The molecular weight excluding hydrogens is 182 g/mol. The second-order valence-electron chi connectivity index (χ2n) is 3.78. The van der Waals surface area contributed by atoms with Crippen molar-refractivity contribution < 1.29 is 0 Å². The molecule has 1 rings (SSSR count). The number of rotatable bonds is 5. The first-order valence-electron chi connectivity index (χ1n) is 5.73. The minimum atomic E-state index is 0.978. The van der Waals surface area contributed by atoms with Crippen LogP contribution in [0.3, 0.4) is 0 Å². The van der Waals surface area contributed by atoms with Gasteiger partial charge in [0.2, 0.25) is 0 Å². The fourth-order valence-electron chi connectivity index (χ4n) is 1.59. The lowest BCUT2D eigenvalue weighted by atomic mass is 10.1. The van der Waals surface area contributed by atoms with Crippen molar-refractivity contribution in [3.8, 4) is 0 Å². The Kier molecular flexibility index (Phi) is 5.13. The summed E-state index contributed by atoms with van der Waals surface area (Å²) in [4.78, 5) is 0. The summed E-state index contributed by atoms with van der Waals surface area (Å²) >= 11 is 0. The van der Waals surface area contributed by atoms with Crippen molar-refractivity contribution >= 4 is 6.08 Å². The summed E-state index contributed by atoms with van der Waals surface area (Å²) in [5.41, 5.74) is 4.15. The molecule has 0 bridgehead atoms. The fourth-order valence-corrected chi connectivity index (χ4v) is 1.59. The van der Waals surface area contributed by atoms with Gasteiger partial charge in [0.05, 0.1) is 0 Å². The van der Waals surface area contributed by atoms with Crippen LogP contribution < -0.4 is 5.32 Å².